The van der Waals surface area contributed by atoms with Gasteiger partial charge in [0.1, 0.15) is 23.0 Å². The Balaban J connectivity index is 0.000000209. The Kier molecular flexibility index (Phi) is 18.2. The topological polar surface area (TPSA) is 94.8 Å². The highest BCUT2D eigenvalue weighted by molar-refractivity contribution is 6.34. The number of nitrogens with two attached hydrogens (primary N) is 2. The highest BCUT2D eigenvalue weighted by Crippen LogP contribution is 2.55. The molecule has 9 nitrogen and oxygen atoms in total. The van der Waals surface area contributed by atoms with Crippen molar-refractivity contribution in [2.45, 2.75) is 108 Å². The number of likely N-dealkylation sites (tertiary alicyclic amines) is 3. The fourth-order valence-electron chi connectivity index (χ4n) is 12.9. The third-order valence-corrected chi connectivity index (χ3v) is 17.7. The normalized spacial score (nSPS) is 20.5. The largest absolute Gasteiger partial charge is 0.399 e. The minimum Gasteiger partial charge on any atom is -0.399 e. The van der Waals surface area contributed by atoms with Gasteiger partial charge in [-0.1, -0.05) is 107 Å². The zero-order valence-electron chi connectivity index (χ0n) is 45.6. The molecule has 0 saturated carbocycles. The van der Waals surface area contributed by atoms with Gasteiger partial charge in [0.2, 0.25) is 0 Å². The van der Waals surface area contributed by atoms with E-state index in [1.54, 1.807) is 30.1 Å². The summed E-state index contributed by atoms with van der Waals surface area (Å²) >= 11 is 6.59. The number of hydrogen-bond acceptors (Lipinski definition) is 8. The fraction of sp³-hybridized carbons (Fsp3) is 0.468. The van der Waals surface area contributed by atoms with Gasteiger partial charge < -0.3 is 31.5 Å². The number of halogens is 5. The summed E-state index contributed by atoms with van der Waals surface area (Å²) < 4.78 is 64.3. The third kappa shape index (κ3) is 11.4. The molecule has 0 spiro atoms. The predicted molar refractivity (Wildman–Crippen MR) is 306 cm³/mol. The second-order valence-corrected chi connectivity index (χ2v) is 22.4. The fourth-order valence-corrected chi connectivity index (χ4v) is 13.2. The van der Waals surface area contributed by atoms with Crippen LogP contribution >= 0.6 is 11.6 Å². The van der Waals surface area contributed by atoms with Crippen molar-refractivity contribution < 1.29 is 17.6 Å². The van der Waals surface area contributed by atoms with Crippen LogP contribution in [0.2, 0.25) is 5.02 Å². The number of anilines is 1. The van der Waals surface area contributed by atoms with Gasteiger partial charge in [0, 0.05) is 104 Å². The zero-order chi connectivity index (χ0) is 54.6. The van der Waals surface area contributed by atoms with Gasteiger partial charge in [-0.3, -0.25) is 9.58 Å². The average Bonchev–Trinajstić information content (AvgIpc) is 4.08. The first-order valence-corrected chi connectivity index (χ1v) is 27.8. The molecule has 3 atom stereocenters. The summed E-state index contributed by atoms with van der Waals surface area (Å²) in [5.41, 5.74) is 19.2. The van der Waals surface area contributed by atoms with Crippen molar-refractivity contribution in [3.8, 4) is 11.1 Å². The first-order chi connectivity index (χ1) is 36.4. The predicted octanol–water partition coefficient (Wildman–Crippen LogP) is 12.5. The van der Waals surface area contributed by atoms with Gasteiger partial charge in [-0.05, 0) is 136 Å². The second-order valence-electron chi connectivity index (χ2n) is 22.0. The number of piperidine rings is 3. The van der Waals surface area contributed by atoms with Gasteiger partial charge in [0.15, 0.2) is 11.6 Å². The van der Waals surface area contributed by atoms with Crippen molar-refractivity contribution in [3.05, 3.63) is 160 Å². The van der Waals surface area contributed by atoms with Crippen molar-refractivity contribution in [1.29, 1.82) is 0 Å². The molecular weight excluding hydrogens is 982 g/mol. The second kappa shape index (κ2) is 24.4. The highest BCUT2D eigenvalue weighted by Gasteiger charge is 2.47. The number of fused-ring (bicyclic) bond motifs is 2. The van der Waals surface area contributed by atoms with Crippen molar-refractivity contribution in [2.24, 2.45) is 24.4 Å². The standard InChI is InChI=1S/C34H51F2N7.C28H29ClF2N2/c1-7-37-24(2)11-17-40(5)34-28-22-29(35)31(32(36)33(28)41(6)38-34)27-14-18-42(19-15-27)23-26-12-20-43(21-13-26)25(3)30-10-8-9-16-39(30)4;1-4-8-18-11-12-21(17(3)33)24(27(18)31)25-23-16(2)28(15-32,20-9-6-5-7-10-20)14-19(23)13-22(30)26(25)29/h7,22,26-27,30,37H,1-3,8-21,23H2,4-6H3;5-7,9-13,16H,3-4,8,14-15,32-33H2,1-2H3/t;16-,28+/m.0/s1. The van der Waals surface area contributed by atoms with Gasteiger partial charge >= 0.3 is 0 Å². The van der Waals surface area contributed by atoms with Crippen molar-refractivity contribution in [3.63, 3.8) is 0 Å². The lowest BCUT2D eigenvalue weighted by molar-refractivity contribution is 0.121. The van der Waals surface area contributed by atoms with Gasteiger partial charge in [-0.15, -0.1) is 0 Å². The highest BCUT2D eigenvalue weighted by atomic mass is 35.5. The van der Waals surface area contributed by atoms with Gasteiger partial charge in [-0.2, -0.15) is 5.10 Å². The number of hydrogen-bond donors (Lipinski definition) is 3. The van der Waals surface area contributed by atoms with E-state index in [4.69, 9.17) is 23.1 Å². The molecule has 4 heterocycles. The first kappa shape index (κ1) is 56.6. The third-order valence-electron chi connectivity index (χ3n) is 17.3. The van der Waals surface area contributed by atoms with Crippen molar-refractivity contribution >= 4 is 34.0 Å². The number of aryl methyl sites for hydroxylation is 2. The maximum absolute atomic E-state index is 16.0. The lowest BCUT2D eigenvalue weighted by Gasteiger charge is -2.43. The number of rotatable bonds is 17. The molecule has 4 aliphatic rings. The zero-order valence-corrected chi connectivity index (χ0v) is 46.3. The molecule has 1 aliphatic carbocycles. The van der Waals surface area contributed by atoms with Crippen molar-refractivity contribution in [1.82, 2.24) is 29.8 Å². The Morgan fingerprint density at radius 2 is 1.61 bits per heavy atom. The van der Waals surface area contributed by atoms with E-state index < -0.39 is 28.7 Å². The molecule has 1 unspecified atom stereocenters. The van der Waals surface area contributed by atoms with E-state index in [0.717, 1.165) is 74.4 Å². The number of likely N-dealkylation sites (N-methyl/N-ethyl adjacent to an activating group) is 1. The molecule has 0 radical (unpaired) electrons. The van der Waals surface area contributed by atoms with Crippen LogP contribution in [0, 0.1) is 29.2 Å². The Hall–Kier alpha value is -5.60. The summed E-state index contributed by atoms with van der Waals surface area (Å²) in [5, 5.41) is 7.97. The number of benzene rings is 4. The minimum atomic E-state index is -0.577. The molecule has 3 fully saturated rings. The Morgan fingerprint density at radius 1 is 0.895 bits per heavy atom. The average molecular weight is 1060 g/mol. The summed E-state index contributed by atoms with van der Waals surface area (Å²) in [6.07, 6.45) is 11.8. The molecule has 1 aromatic heterocycles. The molecule has 9 rings (SSSR count). The molecule has 0 amide bonds. The SMILES string of the molecule is C=C(N)c1ccc(CCC)c(F)c1-c1c(Cl)c(F)cc2c1[C@H](C)[C@@](CN)(c1ccccc1)C2.C=CNC(=C)CCN(C)c1nn(C)c2c(F)c(C3CCN(CC4CCN(C(=C)C5CCCCN5C)CC4)CC3)c(F)cc12. The summed E-state index contributed by atoms with van der Waals surface area (Å²) in [5.74, 6) is -0.923. The van der Waals surface area contributed by atoms with E-state index in [-0.39, 0.29) is 33.7 Å². The lowest BCUT2D eigenvalue weighted by Crippen LogP contribution is -2.46. The summed E-state index contributed by atoms with van der Waals surface area (Å²) in [4.78, 5) is 9.43. The molecule has 4 aromatic carbocycles. The molecule has 5 aromatic rings. The Bertz CT molecular complexity index is 2920. The number of nitrogens with one attached hydrogen (secondary N) is 1. The molecule has 408 valence electrons. The Morgan fingerprint density at radius 3 is 2.25 bits per heavy atom. The molecule has 3 saturated heterocycles. The van der Waals surface area contributed by atoms with E-state index in [1.807, 2.05) is 49.2 Å². The van der Waals surface area contributed by atoms with Gasteiger partial charge in [-0.25, -0.2) is 17.6 Å². The van der Waals surface area contributed by atoms with Crippen LogP contribution in [0.25, 0.3) is 27.7 Å². The van der Waals surface area contributed by atoms with Crippen LogP contribution < -0.4 is 21.7 Å². The monoisotopic (exact) mass is 1060 g/mol. The van der Waals surface area contributed by atoms with Gasteiger partial charge in [0.05, 0.1) is 10.4 Å². The molecule has 0 bridgehead atoms. The maximum atomic E-state index is 16.0. The van der Waals surface area contributed by atoms with Crippen LogP contribution in [0.15, 0.2) is 98.5 Å². The molecular formula is C62H80ClF4N9. The van der Waals surface area contributed by atoms with E-state index in [9.17, 15) is 0 Å². The Labute approximate surface area is 454 Å². The maximum Gasteiger partial charge on any atom is 0.158 e. The van der Waals surface area contributed by atoms with Crippen LogP contribution in [-0.2, 0) is 25.3 Å². The van der Waals surface area contributed by atoms with Crippen LogP contribution in [0.3, 0.4) is 0 Å². The van der Waals surface area contributed by atoms with Crippen LogP contribution in [0.4, 0.5) is 23.4 Å². The quantitative estimate of drug-likeness (QED) is 0.0793. The van der Waals surface area contributed by atoms with Crippen LogP contribution in [0.1, 0.15) is 117 Å². The molecule has 14 heteroatoms. The molecule has 76 heavy (non-hydrogen) atoms. The molecule has 5 N–H and O–H groups in total. The lowest BCUT2D eigenvalue weighted by atomic mass is 9.71. The smallest absolute Gasteiger partial charge is 0.158 e. The van der Waals surface area contributed by atoms with E-state index in [0.29, 0.717) is 77.7 Å². The van der Waals surface area contributed by atoms with Crippen molar-refractivity contribution in [2.75, 3.05) is 71.4 Å². The summed E-state index contributed by atoms with van der Waals surface area (Å²) in [7, 11) is 5.86. The minimum absolute atomic E-state index is 0.100. The summed E-state index contributed by atoms with van der Waals surface area (Å²) in [6.45, 7) is 27.2. The number of nitrogens with zero attached hydrogens (tertiary/aromatic N) is 6. The van der Waals surface area contributed by atoms with E-state index >= 15 is 17.6 Å². The van der Waals surface area contributed by atoms with Crippen LogP contribution in [0.5, 0.6) is 0 Å². The molecule has 3 aliphatic heterocycles. The van der Waals surface area contributed by atoms with E-state index in [1.165, 1.54) is 56.5 Å². The first-order valence-electron chi connectivity index (χ1n) is 27.4. The van der Waals surface area contributed by atoms with E-state index in [2.05, 4.69) is 65.4 Å². The van der Waals surface area contributed by atoms with Crippen LogP contribution in [-0.4, -0.2) is 97.0 Å². The van der Waals surface area contributed by atoms with Gasteiger partial charge in [0.25, 0.3) is 0 Å². The summed E-state index contributed by atoms with van der Waals surface area (Å²) in [6, 6.07) is 16.9. The number of aromatic nitrogens is 2.